The predicted octanol–water partition coefficient (Wildman–Crippen LogP) is 2.17. The summed E-state index contributed by atoms with van der Waals surface area (Å²) >= 11 is 0. The summed E-state index contributed by atoms with van der Waals surface area (Å²) in [7, 11) is 0. The highest BCUT2D eigenvalue weighted by Gasteiger charge is 2.11. The quantitative estimate of drug-likeness (QED) is 0.819. The van der Waals surface area contributed by atoms with Gasteiger partial charge < -0.3 is 10.4 Å². The van der Waals surface area contributed by atoms with Gasteiger partial charge in [-0.25, -0.2) is 0 Å². The van der Waals surface area contributed by atoms with Gasteiger partial charge in [-0.1, -0.05) is 17.7 Å². The number of nitrogens with one attached hydrogen (secondary N) is 1. The molecule has 0 bridgehead atoms. The Balaban J connectivity index is 2.78. The average Bonchev–Trinajstić information content (AvgIpc) is 2.15. The molecule has 0 aliphatic rings. The number of aliphatic carboxylic acids is 1. The standard InChI is InChI=1S/C13H19NO2/c1-8-5-9(2)12(10(3)6-8)7-14-11(4)13(15)16/h5-6,11,14H,7H2,1-4H3,(H,15,16). The van der Waals surface area contributed by atoms with Gasteiger partial charge in [0.2, 0.25) is 0 Å². The van der Waals surface area contributed by atoms with Crippen LogP contribution in [0.15, 0.2) is 12.1 Å². The molecule has 0 aromatic heterocycles. The average molecular weight is 221 g/mol. The normalized spacial score (nSPS) is 12.5. The van der Waals surface area contributed by atoms with Gasteiger partial charge in [0, 0.05) is 6.54 Å². The maximum atomic E-state index is 10.7. The monoisotopic (exact) mass is 221 g/mol. The van der Waals surface area contributed by atoms with Crippen LogP contribution in [0.1, 0.15) is 29.2 Å². The van der Waals surface area contributed by atoms with E-state index in [4.69, 9.17) is 5.11 Å². The molecule has 0 saturated heterocycles. The summed E-state index contributed by atoms with van der Waals surface area (Å²) in [6, 6.07) is 3.73. The number of rotatable bonds is 4. The number of aryl methyl sites for hydroxylation is 3. The van der Waals surface area contributed by atoms with E-state index in [1.807, 2.05) is 0 Å². The highest BCUT2D eigenvalue weighted by molar-refractivity contribution is 5.72. The van der Waals surface area contributed by atoms with Gasteiger partial charge in [0.05, 0.1) is 0 Å². The fourth-order valence-corrected chi connectivity index (χ4v) is 1.83. The summed E-state index contributed by atoms with van der Waals surface area (Å²) in [5.41, 5.74) is 4.86. The summed E-state index contributed by atoms with van der Waals surface area (Å²) in [5, 5.41) is 11.8. The second-order valence-corrected chi connectivity index (χ2v) is 4.32. The molecule has 0 heterocycles. The third-order valence-corrected chi connectivity index (χ3v) is 2.80. The molecule has 0 aliphatic heterocycles. The zero-order chi connectivity index (χ0) is 12.3. The van der Waals surface area contributed by atoms with Gasteiger partial charge in [-0.2, -0.15) is 0 Å². The van der Waals surface area contributed by atoms with Crippen LogP contribution >= 0.6 is 0 Å². The Labute approximate surface area is 96.5 Å². The fraction of sp³-hybridized carbons (Fsp3) is 0.462. The van der Waals surface area contributed by atoms with Gasteiger partial charge in [-0.15, -0.1) is 0 Å². The summed E-state index contributed by atoms with van der Waals surface area (Å²) < 4.78 is 0. The second-order valence-electron chi connectivity index (χ2n) is 4.32. The SMILES string of the molecule is Cc1cc(C)c(CNC(C)C(=O)O)c(C)c1. The summed E-state index contributed by atoms with van der Waals surface area (Å²) in [4.78, 5) is 10.7. The zero-order valence-electron chi connectivity index (χ0n) is 10.3. The molecule has 0 saturated carbocycles. The van der Waals surface area contributed by atoms with Gasteiger partial charge in [-0.3, -0.25) is 4.79 Å². The van der Waals surface area contributed by atoms with Crippen molar-refractivity contribution in [1.82, 2.24) is 5.32 Å². The molecule has 16 heavy (non-hydrogen) atoms. The molecule has 0 amide bonds. The molecule has 0 aliphatic carbocycles. The zero-order valence-corrected chi connectivity index (χ0v) is 10.3. The lowest BCUT2D eigenvalue weighted by molar-refractivity contribution is -0.139. The number of carboxylic acid groups (broad SMARTS) is 1. The molecule has 0 fully saturated rings. The molecule has 2 N–H and O–H groups in total. The first-order valence-corrected chi connectivity index (χ1v) is 5.44. The fourth-order valence-electron chi connectivity index (χ4n) is 1.83. The van der Waals surface area contributed by atoms with Gasteiger partial charge >= 0.3 is 5.97 Å². The Morgan fingerprint density at radius 3 is 2.25 bits per heavy atom. The molecule has 1 aromatic carbocycles. The van der Waals surface area contributed by atoms with Crippen molar-refractivity contribution in [3.8, 4) is 0 Å². The Bertz CT molecular complexity index is 376. The van der Waals surface area contributed by atoms with Crippen molar-refractivity contribution < 1.29 is 9.90 Å². The summed E-state index contributed by atoms with van der Waals surface area (Å²) in [6.07, 6.45) is 0. The first kappa shape index (κ1) is 12.7. The molecule has 3 heteroatoms. The van der Waals surface area contributed by atoms with Crippen LogP contribution in [0.25, 0.3) is 0 Å². The molecule has 88 valence electrons. The highest BCUT2D eigenvalue weighted by Crippen LogP contribution is 2.16. The largest absolute Gasteiger partial charge is 0.480 e. The van der Waals surface area contributed by atoms with E-state index in [0.29, 0.717) is 6.54 Å². The Morgan fingerprint density at radius 2 is 1.81 bits per heavy atom. The minimum absolute atomic E-state index is 0.514. The topological polar surface area (TPSA) is 49.3 Å². The van der Waals surface area contributed by atoms with E-state index in [0.717, 1.165) is 0 Å². The van der Waals surface area contributed by atoms with E-state index in [1.165, 1.54) is 22.3 Å². The van der Waals surface area contributed by atoms with Crippen LogP contribution in [0.4, 0.5) is 0 Å². The van der Waals surface area contributed by atoms with Crippen LogP contribution in [-0.4, -0.2) is 17.1 Å². The van der Waals surface area contributed by atoms with Gasteiger partial charge in [0.1, 0.15) is 6.04 Å². The first-order valence-electron chi connectivity index (χ1n) is 5.44. The van der Waals surface area contributed by atoms with Crippen molar-refractivity contribution in [2.45, 2.75) is 40.3 Å². The summed E-state index contributed by atoms with van der Waals surface area (Å²) in [5.74, 6) is -0.817. The molecule has 1 aromatic rings. The maximum Gasteiger partial charge on any atom is 0.320 e. The van der Waals surface area contributed by atoms with Crippen LogP contribution in [-0.2, 0) is 11.3 Å². The number of benzene rings is 1. The third-order valence-electron chi connectivity index (χ3n) is 2.80. The smallest absolute Gasteiger partial charge is 0.320 e. The minimum atomic E-state index is -0.817. The third kappa shape index (κ3) is 3.07. The highest BCUT2D eigenvalue weighted by atomic mass is 16.4. The lowest BCUT2D eigenvalue weighted by Gasteiger charge is -2.14. The van der Waals surface area contributed by atoms with Crippen LogP contribution in [0.3, 0.4) is 0 Å². The predicted molar refractivity (Wildman–Crippen MR) is 64.6 cm³/mol. The van der Waals surface area contributed by atoms with Crippen molar-refractivity contribution in [2.24, 2.45) is 0 Å². The lowest BCUT2D eigenvalue weighted by Crippen LogP contribution is -2.33. The molecule has 1 atom stereocenters. The molecular formula is C13H19NO2. The van der Waals surface area contributed by atoms with Gasteiger partial charge in [0.15, 0.2) is 0 Å². The molecule has 0 radical (unpaired) electrons. The number of hydrogen-bond donors (Lipinski definition) is 2. The Hall–Kier alpha value is -1.35. The molecule has 1 unspecified atom stereocenters. The van der Waals surface area contributed by atoms with E-state index < -0.39 is 12.0 Å². The van der Waals surface area contributed by atoms with Crippen molar-refractivity contribution in [3.05, 3.63) is 34.4 Å². The number of carbonyl (C=O) groups is 1. The molecule has 3 nitrogen and oxygen atoms in total. The molecular weight excluding hydrogens is 202 g/mol. The number of carboxylic acids is 1. The number of hydrogen-bond acceptors (Lipinski definition) is 2. The van der Waals surface area contributed by atoms with Crippen molar-refractivity contribution in [3.63, 3.8) is 0 Å². The van der Waals surface area contributed by atoms with Crippen molar-refractivity contribution >= 4 is 5.97 Å². The van der Waals surface area contributed by atoms with Gasteiger partial charge in [0.25, 0.3) is 0 Å². The van der Waals surface area contributed by atoms with Crippen LogP contribution < -0.4 is 5.32 Å². The first-order chi connectivity index (χ1) is 7.41. The maximum absolute atomic E-state index is 10.7. The van der Waals surface area contributed by atoms with Crippen molar-refractivity contribution in [2.75, 3.05) is 0 Å². The van der Waals surface area contributed by atoms with E-state index in [9.17, 15) is 4.79 Å². The minimum Gasteiger partial charge on any atom is -0.480 e. The van der Waals surface area contributed by atoms with E-state index >= 15 is 0 Å². The van der Waals surface area contributed by atoms with E-state index in [2.05, 4.69) is 38.2 Å². The lowest BCUT2D eigenvalue weighted by atomic mass is 10.00. The molecule has 0 spiro atoms. The van der Waals surface area contributed by atoms with E-state index in [1.54, 1.807) is 6.92 Å². The molecule has 1 rings (SSSR count). The van der Waals surface area contributed by atoms with E-state index in [-0.39, 0.29) is 0 Å². The van der Waals surface area contributed by atoms with Crippen LogP contribution in [0.5, 0.6) is 0 Å². The Kier molecular flexibility index (Phi) is 4.07. The Morgan fingerprint density at radius 1 is 1.31 bits per heavy atom. The summed E-state index contributed by atoms with van der Waals surface area (Å²) in [6.45, 7) is 8.44. The van der Waals surface area contributed by atoms with Gasteiger partial charge in [-0.05, 0) is 44.4 Å². The van der Waals surface area contributed by atoms with Crippen LogP contribution in [0.2, 0.25) is 0 Å². The van der Waals surface area contributed by atoms with Crippen LogP contribution in [0, 0.1) is 20.8 Å². The second kappa shape index (κ2) is 5.12. The van der Waals surface area contributed by atoms with Crippen molar-refractivity contribution in [1.29, 1.82) is 0 Å².